The highest BCUT2D eigenvalue weighted by molar-refractivity contribution is 14.0. The van der Waals surface area contributed by atoms with Gasteiger partial charge in [-0.3, -0.25) is 4.99 Å². The molecule has 2 rings (SSSR count). The number of methoxy groups -OCH3 is 1. The van der Waals surface area contributed by atoms with Crippen molar-refractivity contribution in [1.29, 1.82) is 0 Å². The maximum atomic E-state index is 10.7. The van der Waals surface area contributed by atoms with E-state index in [1.165, 1.54) is 5.56 Å². The van der Waals surface area contributed by atoms with Crippen LogP contribution in [-0.2, 0) is 11.0 Å². The molecule has 28 heavy (non-hydrogen) atoms. The van der Waals surface area contributed by atoms with Crippen LogP contribution in [0.2, 0.25) is 0 Å². The quantitative estimate of drug-likeness (QED) is 0.280. The van der Waals surface area contributed by atoms with Gasteiger partial charge in [-0.05, 0) is 53.9 Å². The van der Waals surface area contributed by atoms with Crippen molar-refractivity contribution in [1.82, 2.24) is 10.6 Å². The van der Waals surface area contributed by atoms with Crippen molar-refractivity contribution < 1.29 is 9.84 Å². The molecule has 3 N–H and O–H groups in total. The van der Waals surface area contributed by atoms with Gasteiger partial charge in [0.15, 0.2) is 5.96 Å². The first-order valence-corrected chi connectivity index (χ1v) is 10.1. The normalized spacial score (nSPS) is 14.0. The molecule has 5 nitrogen and oxygen atoms in total. The number of guanidine groups is 1. The molecule has 0 spiro atoms. The molecule has 0 aliphatic rings. The van der Waals surface area contributed by atoms with Gasteiger partial charge in [-0.2, -0.15) is 11.3 Å². The highest BCUT2D eigenvalue weighted by Gasteiger charge is 2.24. The van der Waals surface area contributed by atoms with Gasteiger partial charge in [0, 0.05) is 12.0 Å². The lowest BCUT2D eigenvalue weighted by Gasteiger charge is -2.26. The van der Waals surface area contributed by atoms with Gasteiger partial charge in [0.1, 0.15) is 11.4 Å². The van der Waals surface area contributed by atoms with Crippen LogP contribution in [0.1, 0.15) is 38.8 Å². The van der Waals surface area contributed by atoms with E-state index in [1.807, 2.05) is 42.8 Å². The van der Waals surface area contributed by atoms with Gasteiger partial charge >= 0.3 is 0 Å². The molecule has 1 atom stereocenters. The summed E-state index contributed by atoms with van der Waals surface area (Å²) < 4.78 is 5.24. The van der Waals surface area contributed by atoms with Gasteiger partial charge in [-0.15, -0.1) is 24.0 Å². The van der Waals surface area contributed by atoms with Gasteiger partial charge in [0.05, 0.1) is 20.2 Å². The Kier molecular flexibility index (Phi) is 9.73. The fourth-order valence-electron chi connectivity index (χ4n) is 2.68. The summed E-state index contributed by atoms with van der Waals surface area (Å²) >= 11 is 1.58. The zero-order chi connectivity index (χ0) is 19.9. The van der Waals surface area contributed by atoms with E-state index in [-0.39, 0.29) is 29.4 Å². The van der Waals surface area contributed by atoms with Crippen LogP contribution in [0.5, 0.6) is 5.75 Å². The molecule has 0 amide bonds. The number of benzene rings is 1. The monoisotopic (exact) mass is 517 g/mol. The Morgan fingerprint density at radius 2 is 1.79 bits per heavy atom. The summed E-state index contributed by atoms with van der Waals surface area (Å²) in [5, 5.41) is 21.2. The predicted molar refractivity (Wildman–Crippen MR) is 129 cm³/mol. The van der Waals surface area contributed by atoms with Crippen molar-refractivity contribution >= 4 is 41.3 Å². The van der Waals surface area contributed by atoms with E-state index in [9.17, 15) is 5.11 Å². The average Bonchev–Trinajstić information content (AvgIpc) is 3.20. The molecule has 2 aromatic rings. The minimum absolute atomic E-state index is 0. The van der Waals surface area contributed by atoms with Crippen molar-refractivity contribution in [3.05, 3.63) is 52.2 Å². The first-order chi connectivity index (χ1) is 12.8. The third-order valence-electron chi connectivity index (χ3n) is 4.59. The number of aliphatic imine (C=N–C) groups is 1. The van der Waals surface area contributed by atoms with Crippen LogP contribution in [0.25, 0.3) is 0 Å². The zero-order valence-electron chi connectivity index (χ0n) is 17.3. The van der Waals surface area contributed by atoms with E-state index in [1.54, 1.807) is 18.4 Å². The first-order valence-electron chi connectivity index (χ1n) is 9.20. The molecule has 1 aromatic heterocycles. The smallest absolute Gasteiger partial charge is 0.191 e. The van der Waals surface area contributed by atoms with Crippen molar-refractivity contribution in [2.45, 2.75) is 38.7 Å². The number of hydrogen-bond donors (Lipinski definition) is 3. The lowest BCUT2D eigenvalue weighted by molar-refractivity contribution is 0.0621. The highest BCUT2D eigenvalue weighted by Crippen LogP contribution is 2.26. The Hall–Kier alpha value is -1.32. The SMILES string of the molecule is CCNC(=NCC(C)(C)c1ccc(OC)cc1)NCC(C)(O)c1ccsc1.I. The van der Waals surface area contributed by atoms with Crippen LogP contribution in [0.3, 0.4) is 0 Å². The molecule has 0 saturated heterocycles. The summed E-state index contributed by atoms with van der Waals surface area (Å²) in [7, 11) is 1.67. The number of thiophene rings is 1. The lowest BCUT2D eigenvalue weighted by Crippen LogP contribution is -2.45. The number of aliphatic hydroxyl groups is 1. The number of hydrogen-bond acceptors (Lipinski definition) is 4. The number of nitrogens with zero attached hydrogens (tertiary/aromatic N) is 1. The average molecular weight is 517 g/mol. The minimum atomic E-state index is -0.943. The maximum absolute atomic E-state index is 10.7. The molecule has 0 bridgehead atoms. The van der Waals surface area contributed by atoms with Gasteiger partial charge in [-0.1, -0.05) is 26.0 Å². The number of rotatable bonds is 8. The second-order valence-electron chi connectivity index (χ2n) is 7.45. The van der Waals surface area contributed by atoms with E-state index in [2.05, 4.69) is 36.6 Å². The van der Waals surface area contributed by atoms with Crippen molar-refractivity contribution in [3.8, 4) is 5.75 Å². The molecular formula is C21H32IN3O2S. The third kappa shape index (κ3) is 6.93. The first kappa shape index (κ1) is 24.7. The summed E-state index contributed by atoms with van der Waals surface area (Å²) in [4.78, 5) is 4.74. The Morgan fingerprint density at radius 3 is 2.32 bits per heavy atom. The van der Waals surface area contributed by atoms with Crippen LogP contribution in [0.4, 0.5) is 0 Å². The summed E-state index contributed by atoms with van der Waals surface area (Å²) in [6.07, 6.45) is 0. The molecule has 0 aliphatic heterocycles. The van der Waals surface area contributed by atoms with Crippen molar-refractivity contribution in [2.75, 3.05) is 26.7 Å². The highest BCUT2D eigenvalue weighted by atomic mass is 127. The van der Waals surface area contributed by atoms with Gasteiger partial charge < -0.3 is 20.5 Å². The van der Waals surface area contributed by atoms with E-state index < -0.39 is 5.60 Å². The maximum Gasteiger partial charge on any atom is 0.191 e. The van der Waals surface area contributed by atoms with E-state index in [0.29, 0.717) is 19.0 Å². The zero-order valence-corrected chi connectivity index (χ0v) is 20.4. The van der Waals surface area contributed by atoms with E-state index >= 15 is 0 Å². The molecule has 0 saturated carbocycles. The van der Waals surface area contributed by atoms with Gasteiger partial charge in [-0.25, -0.2) is 0 Å². The Balaban J connectivity index is 0.00000392. The Labute approximate surface area is 189 Å². The molecule has 1 heterocycles. The fourth-order valence-corrected chi connectivity index (χ4v) is 3.46. The summed E-state index contributed by atoms with van der Waals surface area (Å²) in [6.45, 7) is 9.95. The minimum Gasteiger partial charge on any atom is -0.497 e. The fraction of sp³-hybridized carbons (Fsp3) is 0.476. The molecule has 0 aliphatic carbocycles. The standard InChI is InChI=1S/C21H31N3O2S.HI/c1-6-22-19(24-15-21(4,25)17-11-12-27-13-17)23-14-20(2,3)16-7-9-18(26-5)10-8-16;/h7-13,25H,6,14-15H2,1-5H3,(H2,22,23,24);1H. The van der Waals surface area contributed by atoms with Crippen LogP contribution in [-0.4, -0.2) is 37.8 Å². The third-order valence-corrected chi connectivity index (χ3v) is 5.27. The Morgan fingerprint density at radius 1 is 1.11 bits per heavy atom. The van der Waals surface area contributed by atoms with E-state index in [0.717, 1.165) is 17.9 Å². The van der Waals surface area contributed by atoms with E-state index in [4.69, 9.17) is 9.73 Å². The topological polar surface area (TPSA) is 65.9 Å². The molecular weight excluding hydrogens is 485 g/mol. The van der Waals surface area contributed by atoms with Gasteiger partial charge in [0.2, 0.25) is 0 Å². The van der Waals surface area contributed by atoms with Crippen LogP contribution >= 0.6 is 35.3 Å². The Bertz CT molecular complexity index is 729. The number of nitrogens with one attached hydrogen (secondary N) is 2. The molecule has 1 unspecified atom stereocenters. The van der Waals surface area contributed by atoms with Crippen LogP contribution in [0.15, 0.2) is 46.1 Å². The summed E-state index contributed by atoms with van der Waals surface area (Å²) in [5.74, 6) is 1.55. The number of halogens is 1. The molecule has 0 radical (unpaired) electrons. The lowest BCUT2D eigenvalue weighted by atomic mass is 9.85. The molecule has 1 aromatic carbocycles. The van der Waals surface area contributed by atoms with Crippen molar-refractivity contribution in [2.24, 2.45) is 4.99 Å². The molecule has 0 fully saturated rings. The molecule has 156 valence electrons. The second-order valence-corrected chi connectivity index (χ2v) is 8.23. The number of ether oxygens (including phenoxy) is 1. The largest absolute Gasteiger partial charge is 0.497 e. The van der Waals surface area contributed by atoms with Crippen LogP contribution < -0.4 is 15.4 Å². The predicted octanol–water partition coefficient (Wildman–Crippen LogP) is 4.12. The van der Waals surface area contributed by atoms with Crippen LogP contribution in [0, 0.1) is 0 Å². The summed E-state index contributed by atoms with van der Waals surface area (Å²) in [6, 6.07) is 10.1. The summed E-state index contributed by atoms with van der Waals surface area (Å²) in [5.41, 5.74) is 1.05. The van der Waals surface area contributed by atoms with Gasteiger partial charge in [0.25, 0.3) is 0 Å². The molecule has 7 heteroatoms. The van der Waals surface area contributed by atoms with Crippen molar-refractivity contribution in [3.63, 3.8) is 0 Å². The second kappa shape index (κ2) is 11.0.